The van der Waals surface area contributed by atoms with Gasteiger partial charge in [0, 0.05) is 12.2 Å². The van der Waals surface area contributed by atoms with Crippen LogP contribution in [0.15, 0.2) is 12.1 Å². The summed E-state index contributed by atoms with van der Waals surface area (Å²) in [7, 11) is 1.28. The van der Waals surface area contributed by atoms with Gasteiger partial charge in [-0.3, -0.25) is 0 Å². The summed E-state index contributed by atoms with van der Waals surface area (Å²) in [5, 5.41) is 3.15. The smallest absolute Gasteiger partial charge is 0.340 e. The lowest BCUT2D eigenvalue weighted by molar-refractivity contribution is 0.0602. The quantitative estimate of drug-likeness (QED) is 0.642. The first-order valence-corrected chi connectivity index (χ1v) is 6.97. The third-order valence-corrected chi connectivity index (χ3v) is 4.51. The molecule has 3 N–H and O–H groups in total. The third kappa shape index (κ3) is 2.32. The number of rotatable bonds is 5. The molecule has 0 aliphatic heterocycles. The zero-order chi connectivity index (χ0) is 14.3. The minimum Gasteiger partial charge on any atom is -0.465 e. The van der Waals surface area contributed by atoms with E-state index in [0.717, 1.165) is 12.5 Å². The molecule has 1 aromatic carbocycles. The Labute approximate surface area is 117 Å². The Bertz CT molecular complexity index is 551. The number of methoxy groups -OCH3 is 1. The van der Waals surface area contributed by atoms with Crippen LogP contribution in [0.4, 0.5) is 15.8 Å². The molecule has 0 unspecified atom stereocenters. The molecule has 4 nitrogen and oxygen atoms in total. The first-order valence-electron chi connectivity index (χ1n) is 6.97. The van der Waals surface area contributed by atoms with Crippen LogP contribution in [0.5, 0.6) is 0 Å². The molecule has 1 aromatic rings. The van der Waals surface area contributed by atoms with E-state index < -0.39 is 11.8 Å². The van der Waals surface area contributed by atoms with E-state index >= 15 is 0 Å². The maximum Gasteiger partial charge on any atom is 0.340 e. The molecule has 20 heavy (non-hydrogen) atoms. The Hall–Kier alpha value is -1.78. The topological polar surface area (TPSA) is 64.3 Å². The summed E-state index contributed by atoms with van der Waals surface area (Å²) in [6.07, 6.45) is 5.01. The molecule has 2 saturated carbocycles. The Morgan fingerprint density at radius 1 is 1.50 bits per heavy atom. The van der Waals surface area contributed by atoms with Crippen LogP contribution < -0.4 is 11.1 Å². The van der Waals surface area contributed by atoms with Crippen molar-refractivity contribution in [2.45, 2.75) is 25.7 Å². The highest BCUT2D eigenvalue weighted by molar-refractivity contribution is 5.96. The molecule has 5 heteroatoms. The normalized spacial score (nSPS) is 19.5. The summed E-state index contributed by atoms with van der Waals surface area (Å²) >= 11 is 0. The van der Waals surface area contributed by atoms with Gasteiger partial charge in [0.15, 0.2) is 0 Å². The molecule has 0 spiro atoms. The Morgan fingerprint density at radius 3 is 2.75 bits per heavy atom. The zero-order valence-electron chi connectivity index (χ0n) is 11.5. The van der Waals surface area contributed by atoms with Crippen molar-refractivity contribution in [1.29, 1.82) is 0 Å². The summed E-state index contributed by atoms with van der Waals surface area (Å²) in [6, 6.07) is 2.62. The summed E-state index contributed by atoms with van der Waals surface area (Å²) < 4.78 is 18.6. The van der Waals surface area contributed by atoms with Gasteiger partial charge in [0.2, 0.25) is 0 Å². The number of anilines is 2. The Morgan fingerprint density at radius 2 is 2.20 bits per heavy atom. The second-order valence-corrected chi connectivity index (χ2v) is 5.90. The molecular formula is C15H19FN2O2. The van der Waals surface area contributed by atoms with Crippen LogP contribution in [-0.2, 0) is 4.74 Å². The van der Waals surface area contributed by atoms with Gasteiger partial charge in [0.1, 0.15) is 5.82 Å². The van der Waals surface area contributed by atoms with Crippen LogP contribution in [0.25, 0.3) is 0 Å². The number of nitrogens with one attached hydrogen (secondary N) is 1. The van der Waals surface area contributed by atoms with Gasteiger partial charge in [-0.2, -0.15) is 0 Å². The fraction of sp³-hybridized carbons (Fsp3) is 0.533. The number of benzene rings is 1. The minimum absolute atomic E-state index is 0.100. The molecule has 0 amide bonds. The molecule has 3 rings (SSSR count). The summed E-state index contributed by atoms with van der Waals surface area (Å²) in [5.74, 6) is -0.178. The highest BCUT2D eigenvalue weighted by atomic mass is 19.1. The molecule has 108 valence electrons. The maximum atomic E-state index is 13.9. The number of hydrogen-bond donors (Lipinski definition) is 2. The standard InChI is InChI=1S/C15H19FN2O2/c1-20-14(19)10-6-13(11(16)7-12(10)17)18-8-15(4-5-15)9-2-3-9/h6-7,9,18H,2-5,8,17H2,1H3. The van der Waals surface area contributed by atoms with Gasteiger partial charge in [-0.1, -0.05) is 0 Å². The largest absolute Gasteiger partial charge is 0.465 e. The van der Waals surface area contributed by atoms with Gasteiger partial charge < -0.3 is 15.8 Å². The Balaban J connectivity index is 1.76. The number of halogens is 1. The fourth-order valence-corrected chi connectivity index (χ4v) is 2.87. The summed E-state index contributed by atoms with van der Waals surface area (Å²) in [4.78, 5) is 11.6. The average Bonchev–Trinajstić information content (AvgIpc) is 3.27. The van der Waals surface area contributed by atoms with Gasteiger partial charge in [-0.15, -0.1) is 0 Å². The van der Waals surface area contributed by atoms with E-state index in [1.807, 2.05) is 0 Å². The van der Waals surface area contributed by atoms with Crippen LogP contribution in [0.2, 0.25) is 0 Å². The van der Waals surface area contributed by atoms with Crippen molar-refractivity contribution in [2.75, 3.05) is 24.7 Å². The van der Waals surface area contributed by atoms with E-state index in [2.05, 4.69) is 10.1 Å². The second kappa shape index (κ2) is 4.65. The number of nitrogens with two attached hydrogens (primary N) is 1. The lowest BCUT2D eigenvalue weighted by Gasteiger charge is -2.17. The van der Waals surface area contributed by atoms with Crippen molar-refractivity contribution in [2.24, 2.45) is 11.3 Å². The van der Waals surface area contributed by atoms with Crippen molar-refractivity contribution >= 4 is 17.3 Å². The molecular weight excluding hydrogens is 259 g/mol. The fourth-order valence-electron chi connectivity index (χ4n) is 2.87. The lowest BCUT2D eigenvalue weighted by Crippen LogP contribution is -2.18. The number of carbonyl (C=O) groups excluding carboxylic acids is 1. The molecule has 2 aliphatic carbocycles. The molecule has 0 aromatic heterocycles. The van der Waals surface area contributed by atoms with Gasteiger partial charge in [0.05, 0.1) is 18.4 Å². The van der Waals surface area contributed by atoms with E-state index in [-0.39, 0.29) is 11.3 Å². The summed E-state index contributed by atoms with van der Waals surface area (Å²) in [6.45, 7) is 0.763. The monoisotopic (exact) mass is 278 g/mol. The van der Waals surface area contributed by atoms with Gasteiger partial charge >= 0.3 is 5.97 Å². The van der Waals surface area contributed by atoms with E-state index in [9.17, 15) is 9.18 Å². The van der Waals surface area contributed by atoms with Crippen LogP contribution >= 0.6 is 0 Å². The van der Waals surface area contributed by atoms with Gasteiger partial charge in [-0.05, 0) is 49.1 Å². The highest BCUT2D eigenvalue weighted by Crippen LogP contribution is 2.61. The number of carbonyl (C=O) groups is 1. The second-order valence-electron chi connectivity index (χ2n) is 5.90. The first kappa shape index (κ1) is 13.2. The SMILES string of the molecule is COC(=O)c1cc(NCC2(C3CC3)CC2)c(F)cc1N. The number of ether oxygens (including phenoxy) is 1. The molecule has 2 fully saturated rings. The van der Waals surface area contributed by atoms with Gasteiger partial charge in [0.25, 0.3) is 0 Å². The average molecular weight is 278 g/mol. The first-order chi connectivity index (χ1) is 9.55. The van der Waals surface area contributed by atoms with E-state index in [0.29, 0.717) is 11.1 Å². The zero-order valence-corrected chi connectivity index (χ0v) is 11.5. The number of hydrogen-bond acceptors (Lipinski definition) is 4. The Kier molecular flexibility index (Phi) is 3.07. The molecule has 0 heterocycles. The number of nitrogen functional groups attached to an aromatic ring is 1. The number of esters is 1. The van der Waals surface area contributed by atoms with Crippen molar-refractivity contribution in [3.63, 3.8) is 0 Å². The predicted molar refractivity (Wildman–Crippen MR) is 75.0 cm³/mol. The van der Waals surface area contributed by atoms with Crippen LogP contribution in [-0.4, -0.2) is 19.6 Å². The minimum atomic E-state index is -0.547. The van der Waals surface area contributed by atoms with Crippen molar-refractivity contribution in [3.05, 3.63) is 23.5 Å². The van der Waals surface area contributed by atoms with E-state index in [1.54, 1.807) is 0 Å². The van der Waals surface area contributed by atoms with Gasteiger partial charge in [-0.25, -0.2) is 9.18 Å². The van der Waals surface area contributed by atoms with Crippen LogP contribution in [0, 0.1) is 17.2 Å². The summed E-state index contributed by atoms with van der Waals surface area (Å²) in [5.41, 5.74) is 6.64. The molecule has 0 atom stereocenters. The molecule has 0 saturated heterocycles. The molecule has 0 radical (unpaired) electrons. The van der Waals surface area contributed by atoms with Crippen molar-refractivity contribution < 1.29 is 13.9 Å². The molecule has 0 bridgehead atoms. The van der Waals surface area contributed by atoms with Crippen molar-refractivity contribution in [3.8, 4) is 0 Å². The van der Waals surface area contributed by atoms with Crippen molar-refractivity contribution in [1.82, 2.24) is 0 Å². The maximum absolute atomic E-state index is 13.9. The van der Waals surface area contributed by atoms with Crippen LogP contribution in [0.3, 0.4) is 0 Å². The highest BCUT2D eigenvalue weighted by Gasteiger charge is 2.53. The van der Waals surface area contributed by atoms with E-state index in [4.69, 9.17) is 5.73 Å². The third-order valence-electron chi connectivity index (χ3n) is 4.51. The van der Waals surface area contributed by atoms with E-state index in [1.165, 1.54) is 44.9 Å². The van der Waals surface area contributed by atoms with Crippen LogP contribution in [0.1, 0.15) is 36.0 Å². The predicted octanol–water partition coefficient (Wildman–Crippen LogP) is 2.80. The molecule has 2 aliphatic rings. The lowest BCUT2D eigenvalue weighted by atomic mass is 10.0.